The second kappa shape index (κ2) is 7.00. The van der Waals surface area contributed by atoms with Gasteiger partial charge in [0.25, 0.3) is 5.91 Å². The Balaban J connectivity index is 1.77. The topological polar surface area (TPSA) is 91.0 Å². The molecule has 0 aliphatic carbocycles. The van der Waals surface area contributed by atoms with Gasteiger partial charge in [0.1, 0.15) is 5.75 Å². The molecular formula is C19H16N2O4. The van der Waals surface area contributed by atoms with Gasteiger partial charge in [0.05, 0.1) is 0 Å². The lowest BCUT2D eigenvalue weighted by molar-refractivity contribution is -0.130. The van der Waals surface area contributed by atoms with Crippen molar-refractivity contribution < 1.29 is 19.1 Å². The number of carbonyl (C=O) groups is 2. The number of nitrogens with zero attached hydrogens (tertiary/aromatic N) is 1. The van der Waals surface area contributed by atoms with Crippen LogP contribution < -0.4 is 10.5 Å². The van der Waals surface area contributed by atoms with E-state index in [0.717, 1.165) is 16.7 Å². The largest absolute Gasteiger partial charge is 0.484 e. The van der Waals surface area contributed by atoms with Crippen LogP contribution in [0, 0.1) is 6.92 Å². The average molecular weight is 336 g/mol. The fourth-order valence-corrected chi connectivity index (χ4v) is 2.20. The molecule has 0 saturated heterocycles. The lowest BCUT2D eigenvalue weighted by Gasteiger charge is -2.03. The van der Waals surface area contributed by atoms with Crippen molar-refractivity contribution in [3.8, 4) is 5.75 Å². The van der Waals surface area contributed by atoms with E-state index < -0.39 is 11.9 Å². The molecule has 0 bridgehead atoms. The Morgan fingerprint density at radius 3 is 2.48 bits per heavy atom. The number of amides is 1. The number of primary amides is 1. The zero-order valence-corrected chi connectivity index (χ0v) is 13.6. The van der Waals surface area contributed by atoms with E-state index in [-0.39, 0.29) is 18.2 Å². The van der Waals surface area contributed by atoms with E-state index in [1.165, 1.54) is 0 Å². The summed E-state index contributed by atoms with van der Waals surface area (Å²) in [6.07, 6.45) is 1.63. The summed E-state index contributed by atoms with van der Waals surface area (Å²) in [6, 6.07) is 14.4. The Labute approximate surface area is 144 Å². The molecule has 0 atom stereocenters. The van der Waals surface area contributed by atoms with Crippen molar-refractivity contribution in [1.82, 2.24) is 0 Å². The van der Waals surface area contributed by atoms with Gasteiger partial charge < -0.3 is 15.2 Å². The van der Waals surface area contributed by atoms with Crippen LogP contribution in [0.2, 0.25) is 0 Å². The van der Waals surface area contributed by atoms with Crippen molar-refractivity contribution >= 4 is 23.9 Å². The molecule has 6 nitrogen and oxygen atoms in total. The zero-order valence-electron chi connectivity index (χ0n) is 13.6. The number of aliphatic imine (C=N–C) groups is 1. The second-order valence-corrected chi connectivity index (χ2v) is 5.53. The van der Waals surface area contributed by atoms with Gasteiger partial charge in [-0.05, 0) is 42.8 Å². The van der Waals surface area contributed by atoms with Gasteiger partial charge in [0.2, 0.25) is 5.90 Å². The molecule has 1 aliphatic heterocycles. The monoisotopic (exact) mass is 336 g/mol. The van der Waals surface area contributed by atoms with Crippen LogP contribution >= 0.6 is 0 Å². The van der Waals surface area contributed by atoms with Gasteiger partial charge in [-0.3, -0.25) is 4.79 Å². The first-order valence-electron chi connectivity index (χ1n) is 7.62. The SMILES string of the molecule is Cc1ccc(C2=NC(=Cc3ccc(OCC(N)=O)cc3)C(=O)O2)cc1. The summed E-state index contributed by atoms with van der Waals surface area (Å²) in [5, 5.41) is 0. The van der Waals surface area contributed by atoms with Gasteiger partial charge >= 0.3 is 5.97 Å². The van der Waals surface area contributed by atoms with Crippen LogP contribution in [0.1, 0.15) is 16.7 Å². The maximum atomic E-state index is 12.0. The van der Waals surface area contributed by atoms with Crippen molar-refractivity contribution in [3.63, 3.8) is 0 Å². The number of rotatable bonds is 5. The van der Waals surface area contributed by atoms with E-state index in [4.69, 9.17) is 15.2 Å². The molecule has 0 fully saturated rings. The van der Waals surface area contributed by atoms with E-state index in [9.17, 15) is 9.59 Å². The van der Waals surface area contributed by atoms with Crippen molar-refractivity contribution in [2.24, 2.45) is 10.7 Å². The van der Waals surface area contributed by atoms with Crippen molar-refractivity contribution in [3.05, 3.63) is 70.9 Å². The van der Waals surface area contributed by atoms with E-state index in [1.807, 2.05) is 31.2 Å². The molecule has 2 N–H and O–H groups in total. The lowest BCUT2D eigenvalue weighted by Crippen LogP contribution is -2.19. The van der Waals surface area contributed by atoms with Gasteiger partial charge in [-0.25, -0.2) is 9.79 Å². The van der Waals surface area contributed by atoms with Gasteiger partial charge in [-0.1, -0.05) is 29.8 Å². The third kappa shape index (κ3) is 4.11. The summed E-state index contributed by atoms with van der Waals surface area (Å²) in [5.41, 5.74) is 7.87. The molecule has 25 heavy (non-hydrogen) atoms. The van der Waals surface area contributed by atoms with E-state index in [2.05, 4.69) is 4.99 Å². The Kier molecular flexibility index (Phi) is 4.61. The van der Waals surface area contributed by atoms with Crippen LogP contribution in [-0.4, -0.2) is 24.4 Å². The molecule has 0 radical (unpaired) electrons. The summed E-state index contributed by atoms with van der Waals surface area (Å²) in [5.74, 6) is -0.237. The van der Waals surface area contributed by atoms with Gasteiger partial charge in [0, 0.05) is 5.56 Å². The molecule has 1 aliphatic rings. The minimum atomic E-state index is -0.544. The Hall–Kier alpha value is -3.41. The fourth-order valence-electron chi connectivity index (χ4n) is 2.20. The maximum absolute atomic E-state index is 12.0. The highest BCUT2D eigenvalue weighted by Crippen LogP contribution is 2.20. The molecule has 0 unspecified atom stereocenters. The van der Waals surface area contributed by atoms with Crippen molar-refractivity contribution in [1.29, 1.82) is 0 Å². The van der Waals surface area contributed by atoms with Crippen LogP contribution in [0.5, 0.6) is 5.75 Å². The number of benzene rings is 2. The molecule has 126 valence electrons. The molecular weight excluding hydrogens is 320 g/mol. The Morgan fingerprint density at radius 2 is 1.84 bits per heavy atom. The van der Waals surface area contributed by atoms with E-state index >= 15 is 0 Å². The normalized spacial score (nSPS) is 15.0. The second-order valence-electron chi connectivity index (χ2n) is 5.53. The number of ether oxygens (including phenoxy) is 2. The smallest absolute Gasteiger partial charge is 0.363 e. The molecule has 0 saturated carbocycles. The highest BCUT2D eigenvalue weighted by Gasteiger charge is 2.23. The fraction of sp³-hybridized carbons (Fsp3) is 0.105. The molecule has 6 heteroatoms. The highest BCUT2D eigenvalue weighted by atomic mass is 16.6. The highest BCUT2D eigenvalue weighted by molar-refractivity contribution is 6.12. The number of carbonyl (C=O) groups excluding carboxylic acids is 2. The van der Waals surface area contributed by atoms with Gasteiger partial charge in [-0.15, -0.1) is 0 Å². The number of cyclic esters (lactones) is 1. The molecule has 2 aromatic carbocycles. The minimum Gasteiger partial charge on any atom is -0.484 e. The van der Waals surface area contributed by atoms with Crippen LogP contribution in [0.3, 0.4) is 0 Å². The van der Waals surface area contributed by atoms with Crippen LogP contribution in [0.15, 0.2) is 59.2 Å². The van der Waals surface area contributed by atoms with E-state index in [0.29, 0.717) is 5.75 Å². The first-order valence-corrected chi connectivity index (χ1v) is 7.62. The first kappa shape index (κ1) is 16.4. The van der Waals surface area contributed by atoms with Crippen LogP contribution in [0.4, 0.5) is 0 Å². The predicted octanol–water partition coefficient (Wildman–Crippen LogP) is 2.20. The third-order valence-corrected chi connectivity index (χ3v) is 3.48. The molecule has 0 spiro atoms. The molecule has 1 heterocycles. The van der Waals surface area contributed by atoms with Gasteiger partial charge in [0.15, 0.2) is 12.3 Å². The number of aryl methyl sites for hydroxylation is 1. The number of esters is 1. The summed E-state index contributed by atoms with van der Waals surface area (Å²) in [6.45, 7) is 1.80. The first-order chi connectivity index (χ1) is 12.0. The summed E-state index contributed by atoms with van der Waals surface area (Å²) >= 11 is 0. The standard InChI is InChI=1S/C19H16N2O4/c1-12-2-6-14(7-3-12)18-21-16(19(23)25-18)10-13-4-8-15(9-5-13)24-11-17(20)22/h2-10H,11H2,1H3,(H2,20,22). The Bertz CT molecular complexity index is 865. The Morgan fingerprint density at radius 1 is 1.16 bits per heavy atom. The minimum absolute atomic E-state index is 0.184. The van der Waals surface area contributed by atoms with E-state index in [1.54, 1.807) is 30.3 Å². The zero-order chi connectivity index (χ0) is 17.8. The summed E-state index contributed by atoms with van der Waals surface area (Å²) in [4.78, 5) is 26.9. The van der Waals surface area contributed by atoms with Gasteiger partial charge in [-0.2, -0.15) is 0 Å². The third-order valence-electron chi connectivity index (χ3n) is 3.48. The summed E-state index contributed by atoms with van der Waals surface area (Å²) in [7, 11) is 0. The van der Waals surface area contributed by atoms with Crippen molar-refractivity contribution in [2.45, 2.75) is 6.92 Å². The number of nitrogens with two attached hydrogens (primary N) is 1. The van der Waals surface area contributed by atoms with Crippen LogP contribution in [0.25, 0.3) is 6.08 Å². The van der Waals surface area contributed by atoms with Crippen LogP contribution in [-0.2, 0) is 14.3 Å². The summed E-state index contributed by atoms with van der Waals surface area (Å²) < 4.78 is 10.4. The predicted molar refractivity (Wildman–Crippen MR) is 92.9 cm³/mol. The molecule has 3 rings (SSSR count). The lowest BCUT2D eigenvalue weighted by atomic mass is 10.1. The quantitative estimate of drug-likeness (QED) is 0.669. The molecule has 0 aromatic heterocycles. The molecule has 2 aromatic rings. The molecule has 1 amide bonds. The number of hydrogen-bond donors (Lipinski definition) is 1. The average Bonchev–Trinajstić information content (AvgIpc) is 2.95. The van der Waals surface area contributed by atoms with Crippen molar-refractivity contribution in [2.75, 3.05) is 6.61 Å². The maximum Gasteiger partial charge on any atom is 0.363 e. The number of hydrogen-bond acceptors (Lipinski definition) is 5.